The van der Waals surface area contributed by atoms with E-state index in [1.807, 2.05) is 16.7 Å². The van der Waals surface area contributed by atoms with Gasteiger partial charge >= 0.3 is 0 Å². The van der Waals surface area contributed by atoms with Gasteiger partial charge in [-0.15, -0.1) is 11.3 Å². The van der Waals surface area contributed by atoms with Crippen molar-refractivity contribution in [1.29, 1.82) is 0 Å². The third-order valence-electron chi connectivity index (χ3n) is 13.4. The number of benzene rings is 1. The number of carbonyl (C=O) groups excluding carboxylic acids is 3. The second kappa shape index (κ2) is 13.8. The molecule has 7 aliphatic rings. The van der Waals surface area contributed by atoms with Gasteiger partial charge in [0.15, 0.2) is 0 Å². The number of carbonyl (C=O) groups is 3. The molecule has 6 heterocycles. The van der Waals surface area contributed by atoms with Crippen LogP contribution in [-0.4, -0.2) is 117 Å². The molecule has 5 saturated heterocycles. The summed E-state index contributed by atoms with van der Waals surface area (Å²) >= 11 is 1.45. The predicted octanol–water partition coefficient (Wildman–Crippen LogP) is 4.48. The Balaban J connectivity index is 1.05. The Morgan fingerprint density at radius 2 is 1.87 bits per heavy atom. The van der Waals surface area contributed by atoms with Crippen LogP contribution in [0.15, 0.2) is 17.6 Å². The number of nitrogens with zero attached hydrogens (tertiary/aromatic N) is 4. The summed E-state index contributed by atoms with van der Waals surface area (Å²) in [5.74, 6) is -0.874. The Hall–Kier alpha value is -2.87. The predicted molar refractivity (Wildman–Crippen MR) is 195 cm³/mol. The number of rotatable bonds is 11. The van der Waals surface area contributed by atoms with Crippen LogP contribution in [0.5, 0.6) is 0 Å². The lowest BCUT2D eigenvalue weighted by atomic mass is 9.70. The van der Waals surface area contributed by atoms with E-state index in [2.05, 4.69) is 29.0 Å². The summed E-state index contributed by atoms with van der Waals surface area (Å²) in [6.07, 6.45) is 6.66. The highest BCUT2D eigenvalue weighted by Gasteiger charge is 2.61. The van der Waals surface area contributed by atoms with E-state index in [1.54, 1.807) is 12.6 Å². The van der Waals surface area contributed by atoms with E-state index < -0.39 is 23.5 Å². The van der Waals surface area contributed by atoms with Crippen LogP contribution >= 0.6 is 11.3 Å². The lowest BCUT2D eigenvalue weighted by molar-refractivity contribution is -0.160. The first-order valence-corrected chi connectivity index (χ1v) is 20.2. The van der Waals surface area contributed by atoms with E-state index in [9.17, 15) is 18.8 Å². The number of thiazole rings is 1. The van der Waals surface area contributed by atoms with Crippen LogP contribution in [0.4, 0.5) is 10.1 Å². The van der Waals surface area contributed by atoms with Gasteiger partial charge in [0.05, 0.1) is 59.4 Å². The molecule has 7 fully saturated rings. The molecule has 1 spiro atoms. The van der Waals surface area contributed by atoms with Crippen molar-refractivity contribution in [2.45, 2.75) is 84.0 Å². The zero-order valence-corrected chi connectivity index (χ0v) is 31.9. The van der Waals surface area contributed by atoms with Crippen LogP contribution in [0.3, 0.4) is 0 Å². The first kappa shape index (κ1) is 36.1. The summed E-state index contributed by atoms with van der Waals surface area (Å²) in [5.41, 5.74) is 2.42. The van der Waals surface area contributed by atoms with E-state index in [1.165, 1.54) is 23.5 Å². The van der Waals surface area contributed by atoms with Gasteiger partial charge in [0.1, 0.15) is 11.9 Å². The quantitative estimate of drug-likeness (QED) is 0.359. The third-order valence-corrected chi connectivity index (χ3v) is 14.2. The van der Waals surface area contributed by atoms with Crippen LogP contribution < -0.4 is 10.2 Å². The van der Waals surface area contributed by atoms with Crippen molar-refractivity contribution < 1.29 is 33.0 Å². The first-order valence-electron chi connectivity index (χ1n) is 19.3. The number of methoxy groups -OCH3 is 1. The average Bonchev–Trinajstić information content (AvgIpc) is 3.42. The maximum atomic E-state index is 14.9. The highest BCUT2D eigenvalue weighted by atomic mass is 32.1. The molecule has 11 nitrogen and oxygen atoms in total. The number of hydrogen-bond donors (Lipinski definition) is 1. The number of fused-ring (bicyclic) bond motifs is 4. The molecule has 9 rings (SSSR count). The van der Waals surface area contributed by atoms with Gasteiger partial charge in [-0.2, -0.15) is 0 Å². The van der Waals surface area contributed by atoms with E-state index in [0.717, 1.165) is 49.6 Å². The summed E-state index contributed by atoms with van der Waals surface area (Å²) in [6.45, 7) is 10.8. The fourth-order valence-electron chi connectivity index (χ4n) is 9.83. The van der Waals surface area contributed by atoms with Gasteiger partial charge in [-0.3, -0.25) is 14.4 Å². The van der Waals surface area contributed by atoms with E-state index >= 15 is 0 Å². The SMILES string of the molecule is COC[C@H]1CCCN(C(=O)[C@@H](NC(=O)[C@@H]2CN(c3cc(F)cc4ncsc34)CC23CN(C(=O)[C@H]2CC2(C)C)C3)[C@@H](C)OCC23CCC(CC2)OC3)C1. The summed E-state index contributed by atoms with van der Waals surface area (Å²) in [5, 5.41) is 3.23. The van der Waals surface area contributed by atoms with Crippen LogP contribution in [0.1, 0.15) is 65.7 Å². The number of halogens is 1. The number of hydrogen-bond acceptors (Lipinski definition) is 9. The molecule has 2 aliphatic carbocycles. The Morgan fingerprint density at radius 3 is 2.56 bits per heavy atom. The van der Waals surface area contributed by atoms with Crippen LogP contribution in [-0.2, 0) is 28.6 Å². The van der Waals surface area contributed by atoms with E-state index in [4.69, 9.17) is 14.2 Å². The summed E-state index contributed by atoms with van der Waals surface area (Å²) in [4.78, 5) is 52.9. The van der Waals surface area contributed by atoms with Crippen molar-refractivity contribution in [3.63, 3.8) is 0 Å². The molecular formula is C39H54FN5O6S. The van der Waals surface area contributed by atoms with Gasteiger partial charge in [-0.1, -0.05) is 13.8 Å². The smallest absolute Gasteiger partial charge is 0.247 e. The largest absolute Gasteiger partial charge is 0.384 e. The van der Waals surface area contributed by atoms with Crippen molar-refractivity contribution in [3.8, 4) is 0 Å². The second-order valence-electron chi connectivity index (χ2n) is 17.6. The minimum absolute atomic E-state index is 0.000753. The molecule has 0 unspecified atom stereocenters. The fourth-order valence-corrected chi connectivity index (χ4v) is 10.6. The number of ether oxygens (including phenoxy) is 3. The number of anilines is 1. The number of nitrogens with one attached hydrogen (secondary N) is 1. The maximum Gasteiger partial charge on any atom is 0.247 e. The normalized spacial score (nSPS) is 31.4. The molecule has 52 heavy (non-hydrogen) atoms. The van der Waals surface area contributed by atoms with Crippen LogP contribution in [0.2, 0.25) is 0 Å². The van der Waals surface area contributed by atoms with Crippen molar-refractivity contribution >= 4 is 45.0 Å². The molecule has 1 N–H and O–H groups in total. The standard InChI is InChI=1S/C39H54FN5O6S/c1-24(50-21-38-9-7-27(8-10-38)51-22-38)32(36(48)43-11-5-6-25(15-43)17-49-4)42-34(46)29-16-44(31-13-26(40)12-30-33(31)52-23-41-30)18-39(29)19-45(20-39)35(47)28-14-37(28,2)3/h12-13,23-25,27-29,32H,5-11,14-22H2,1-4H3,(H,42,46)/t24-,25+,27?,28-,29+,32+,38?/m1/s1. The topological polar surface area (TPSA) is 114 Å². The Bertz CT molecular complexity index is 1670. The Kier molecular flexibility index (Phi) is 9.56. The molecule has 13 heteroatoms. The highest BCUT2D eigenvalue weighted by molar-refractivity contribution is 7.17. The lowest BCUT2D eigenvalue weighted by Gasteiger charge is -2.51. The van der Waals surface area contributed by atoms with Crippen LogP contribution in [0, 0.1) is 39.8 Å². The van der Waals surface area contributed by atoms with Gasteiger partial charge in [0.2, 0.25) is 17.7 Å². The van der Waals surface area contributed by atoms with Gasteiger partial charge in [0.25, 0.3) is 0 Å². The van der Waals surface area contributed by atoms with Crippen molar-refractivity contribution in [2.24, 2.45) is 34.0 Å². The zero-order chi connectivity index (χ0) is 36.4. The van der Waals surface area contributed by atoms with Gasteiger partial charge in [0, 0.05) is 69.2 Å². The molecule has 2 bridgehead atoms. The minimum Gasteiger partial charge on any atom is -0.384 e. The van der Waals surface area contributed by atoms with Crippen molar-refractivity contribution in [3.05, 3.63) is 23.5 Å². The number of likely N-dealkylation sites (tertiary alicyclic amines) is 2. The molecule has 1 aromatic heterocycles. The van der Waals surface area contributed by atoms with E-state index in [0.29, 0.717) is 76.4 Å². The van der Waals surface area contributed by atoms with Gasteiger partial charge in [-0.05, 0) is 69.3 Å². The highest BCUT2D eigenvalue weighted by Crippen LogP contribution is 2.55. The summed E-state index contributed by atoms with van der Waals surface area (Å²) < 4.78 is 33.9. The first-order chi connectivity index (χ1) is 24.9. The third kappa shape index (κ3) is 6.72. The average molecular weight is 740 g/mol. The molecule has 0 radical (unpaired) electrons. The van der Waals surface area contributed by atoms with Crippen molar-refractivity contribution in [1.82, 2.24) is 20.1 Å². The molecule has 2 saturated carbocycles. The molecule has 5 aliphatic heterocycles. The number of piperidine rings is 1. The monoisotopic (exact) mass is 739 g/mol. The molecule has 2 aromatic rings. The molecule has 5 atom stereocenters. The minimum atomic E-state index is -0.885. The summed E-state index contributed by atoms with van der Waals surface area (Å²) in [6, 6.07) is 2.08. The lowest BCUT2D eigenvalue weighted by Crippen LogP contribution is -2.65. The van der Waals surface area contributed by atoms with Gasteiger partial charge < -0.3 is 34.2 Å². The number of amides is 3. The molecule has 3 amide bonds. The number of aromatic nitrogens is 1. The van der Waals surface area contributed by atoms with Crippen molar-refractivity contribution in [2.75, 3.05) is 71.1 Å². The van der Waals surface area contributed by atoms with E-state index in [-0.39, 0.29) is 46.2 Å². The molecule has 1 aromatic carbocycles. The van der Waals surface area contributed by atoms with Gasteiger partial charge in [-0.25, -0.2) is 9.37 Å². The molecular weight excluding hydrogens is 686 g/mol. The fraction of sp³-hybridized carbons (Fsp3) is 0.744. The second-order valence-corrected chi connectivity index (χ2v) is 18.5. The zero-order valence-electron chi connectivity index (χ0n) is 31.0. The Morgan fingerprint density at radius 1 is 1.10 bits per heavy atom. The van der Waals surface area contributed by atoms with Crippen LogP contribution in [0.25, 0.3) is 10.2 Å². The molecule has 284 valence electrons. The summed E-state index contributed by atoms with van der Waals surface area (Å²) in [7, 11) is 1.69. The maximum absolute atomic E-state index is 14.9. The Labute approximate surface area is 309 Å².